The summed E-state index contributed by atoms with van der Waals surface area (Å²) in [5.74, 6) is 0. The Morgan fingerprint density at radius 3 is 2.37 bits per heavy atom. The number of aromatic amines is 1. The number of benzene rings is 1. The topological polar surface area (TPSA) is 15.8 Å². The van der Waals surface area contributed by atoms with Gasteiger partial charge in [-0.05, 0) is 0 Å². The molecule has 1 aliphatic carbocycles. The number of rotatable bonds is 0. The quantitative estimate of drug-likeness (QED) is 0.347. The van der Waals surface area contributed by atoms with Crippen molar-refractivity contribution in [2.24, 2.45) is 0 Å². The molecule has 0 bridgehead atoms. The van der Waals surface area contributed by atoms with E-state index in [9.17, 15) is 0 Å². The Labute approximate surface area is 140 Å². The number of aryl methyl sites for hydroxylation is 2. The molecule has 3 aromatic rings. The third-order valence-electron chi connectivity index (χ3n) is 3.07. The van der Waals surface area contributed by atoms with Crippen LogP contribution >= 0.6 is 0 Å². The molecule has 1 aromatic heterocycles. The monoisotopic (exact) mass is 325 g/mol. The van der Waals surface area contributed by atoms with Gasteiger partial charge >= 0.3 is 21.7 Å². The molecular formula is C15H13Cl2NTi. The molecule has 1 N–H and O–H groups in total. The standard InChI is InChI=1S/C8H6N.C7H7.2ClH.Ti/c1-2-4-8-7(3-1)5-6-9-8;1-2-6-4-5-7(6)3-1;;;/h1-5,9H;1-3H,4-5H2;2*1H;/q2*-1;;;+4/p-2. The van der Waals surface area contributed by atoms with Gasteiger partial charge in [0.2, 0.25) is 0 Å². The zero-order valence-corrected chi connectivity index (χ0v) is 13.4. The molecule has 0 fully saturated rings. The van der Waals surface area contributed by atoms with Crippen LogP contribution in [-0.4, -0.2) is 4.98 Å². The van der Waals surface area contributed by atoms with Gasteiger partial charge in [-0.3, -0.25) is 0 Å². The van der Waals surface area contributed by atoms with E-state index < -0.39 is 0 Å². The third kappa shape index (κ3) is 4.19. The van der Waals surface area contributed by atoms with Crippen LogP contribution in [0.2, 0.25) is 0 Å². The molecule has 1 aliphatic rings. The SMILES string of the molecule is [Cl-].[Cl-].[Ti+4].[c-]1cc2ccccc2[nH]1.c1cc2[c-](c1)CC2. The Hall–Kier alpha value is -0.596. The molecule has 0 amide bonds. The first kappa shape index (κ1) is 18.4. The number of hydrogen-bond donors (Lipinski definition) is 1. The fourth-order valence-electron chi connectivity index (χ4n) is 2.00. The molecule has 1 nitrogen and oxygen atoms in total. The van der Waals surface area contributed by atoms with Crippen LogP contribution in [0.1, 0.15) is 11.1 Å². The average Bonchev–Trinajstić information content (AvgIpc) is 2.86. The predicted octanol–water partition coefficient (Wildman–Crippen LogP) is -2.52. The van der Waals surface area contributed by atoms with Crippen LogP contribution in [0.4, 0.5) is 0 Å². The molecule has 0 unspecified atom stereocenters. The van der Waals surface area contributed by atoms with Gasteiger partial charge < -0.3 is 29.8 Å². The molecule has 2 aromatic carbocycles. The maximum Gasteiger partial charge on any atom is 4.00 e. The van der Waals surface area contributed by atoms with Gasteiger partial charge in [-0.25, -0.2) is 12.1 Å². The number of para-hydroxylation sites is 1. The van der Waals surface area contributed by atoms with E-state index in [-0.39, 0.29) is 46.5 Å². The van der Waals surface area contributed by atoms with Gasteiger partial charge in [-0.2, -0.15) is 28.6 Å². The van der Waals surface area contributed by atoms with Crippen molar-refractivity contribution in [2.75, 3.05) is 0 Å². The number of hydrogen-bond acceptors (Lipinski definition) is 0. The Bertz CT molecular complexity index is 552. The van der Waals surface area contributed by atoms with Crippen LogP contribution in [0.3, 0.4) is 0 Å². The number of H-pyrrole nitrogens is 1. The van der Waals surface area contributed by atoms with Crippen LogP contribution in [0.5, 0.6) is 0 Å². The summed E-state index contributed by atoms with van der Waals surface area (Å²) in [5.41, 5.74) is 4.29. The number of halogens is 2. The molecule has 0 atom stereocenters. The van der Waals surface area contributed by atoms with Crippen LogP contribution in [-0.2, 0) is 34.6 Å². The molecule has 0 saturated carbocycles. The Balaban J connectivity index is 0.000000300. The van der Waals surface area contributed by atoms with E-state index in [0.29, 0.717) is 0 Å². The van der Waals surface area contributed by atoms with Crippen molar-refractivity contribution in [1.82, 2.24) is 4.98 Å². The van der Waals surface area contributed by atoms with Gasteiger partial charge in [0.25, 0.3) is 0 Å². The van der Waals surface area contributed by atoms with Crippen molar-refractivity contribution < 1.29 is 46.5 Å². The van der Waals surface area contributed by atoms with Crippen molar-refractivity contribution in [3.8, 4) is 0 Å². The Kier molecular flexibility index (Phi) is 8.28. The van der Waals surface area contributed by atoms with Crippen molar-refractivity contribution in [1.29, 1.82) is 0 Å². The molecule has 19 heavy (non-hydrogen) atoms. The van der Waals surface area contributed by atoms with E-state index in [1.54, 1.807) is 11.1 Å². The Morgan fingerprint density at radius 2 is 1.84 bits per heavy atom. The smallest absolute Gasteiger partial charge is 1.00 e. The summed E-state index contributed by atoms with van der Waals surface area (Å²) >= 11 is 0. The van der Waals surface area contributed by atoms with Crippen LogP contribution in [0, 0.1) is 6.20 Å². The average molecular weight is 326 g/mol. The largest absolute Gasteiger partial charge is 4.00 e. The van der Waals surface area contributed by atoms with Crippen molar-refractivity contribution in [2.45, 2.75) is 12.8 Å². The summed E-state index contributed by atoms with van der Waals surface area (Å²) in [6, 6.07) is 16.6. The second-order valence-corrected chi connectivity index (χ2v) is 4.08. The zero-order valence-electron chi connectivity index (χ0n) is 10.3. The van der Waals surface area contributed by atoms with Gasteiger partial charge in [0.1, 0.15) is 0 Å². The fourth-order valence-corrected chi connectivity index (χ4v) is 2.00. The predicted molar refractivity (Wildman–Crippen MR) is 66.6 cm³/mol. The molecular weight excluding hydrogens is 313 g/mol. The minimum absolute atomic E-state index is 0. The maximum absolute atomic E-state index is 2.99. The second kappa shape index (κ2) is 8.55. The maximum atomic E-state index is 2.99. The molecule has 0 radical (unpaired) electrons. The first-order valence-electron chi connectivity index (χ1n) is 5.61. The van der Waals surface area contributed by atoms with E-state index in [4.69, 9.17) is 0 Å². The number of fused-ring (bicyclic) bond motifs is 2. The van der Waals surface area contributed by atoms with Crippen molar-refractivity contribution >= 4 is 10.9 Å². The second-order valence-electron chi connectivity index (χ2n) is 4.08. The molecule has 0 spiro atoms. The molecule has 4 rings (SSSR count). The summed E-state index contributed by atoms with van der Waals surface area (Å²) in [4.78, 5) is 2.99. The van der Waals surface area contributed by atoms with E-state index >= 15 is 0 Å². The minimum atomic E-state index is 0. The first-order valence-corrected chi connectivity index (χ1v) is 5.61. The molecule has 1 heterocycles. The summed E-state index contributed by atoms with van der Waals surface area (Å²) < 4.78 is 0. The molecule has 0 saturated heterocycles. The summed E-state index contributed by atoms with van der Waals surface area (Å²) in [7, 11) is 0. The van der Waals surface area contributed by atoms with Gasteiger partial charge in [-0.1, -0.05) is 25.0 Å². The minimum Gasteiger partial charge on any atom is -1.00 e. The van der Waals surface area contributed by atoms with E-state index in [1.165, 1.54) is 18.2 Å². The molecule has 0 aliphatic heterocycles. The number of aromatic nitrogens is 1. The normalized spacial score (nSPS) is 10.5. The summed E-state index contributed by atoms with van der Waals surface area (Å²) in [5, 5.41) is 1.22. The molecule has 96 valence electrons. The van der Waals surface area contributed by atoms with E-state index in [2.05, 4.69) is 35.4 Å². The van der Waals surface area contributed by atoms with Crippen molar-refractivity contribution in [3.05, 3.63) is 65.9 Å². The van der Waals surface area contributed by atoms with Crippen LogP contribution < -0.4 is 24.8 Å². The summed E-state index contributed by atoms with van der Waals surface area (Å²) in [6.45, 7) is 0. The Morgan fingerprint density at radius 1 is 1.05 bits per heavy atom. The zero-order chi connectivity index (χ0) is 10.8. The van der Waals surface area contributed by atoms with Gasteiger partial charge in [0, 0.05) is 0 Å². The van der Waals surface area contributed by atoms with Gasteiger partial charge in [0.15, 0.2) is 0 Å². The first-order chi connectivity index (χ1) is 7.93. The molecule has 4 heteroatoms. The van der Waals surface area contributed by atoms with Crippen LogP contribution in [0.15, 0.2) is 48.5 Å². The fraction of sp³-hybridized carbons (Fsp3) is 0.133. The van der Waals surface area contributed by atoms with E-state index in [0.717, 1.165) is 5.52 Å². The number of nitrogens with one attached hydrogen (secondary N) is 1. The summed E-state index contributed by atoms with van der Waals surface area (Å²) in [6.07, 6.45) is 5.56. The van der Waals surface area contributed by atoms with E-state index in [1.807, 2.05) is 24.3 Å². The third-order valence-corrected chi connectivity index (χ3v) is 3.07. The van der Waals surface area contributed by atoms with Gasteiger partial charge in [-0.15, -0.1) is 23.8 Å². The van der Waals surface area contributed by atoms with Gasteiger partial charge in [0.05, 0.1) is 0 Å². The van der Waals surface area contributed by atoms with Crippen molar-refractivity contribution in [3.63, 3.8) is 0 Å². The van der Waals surface area contributed by atoms with Crippen LogP contribution in [0.25, 0.3) is 10.9 Å².